The summed E-state index contributed by atoms with van der Waals surface area (Å²) in [7, 11) is 0. The number of aryl methyl sites for hydroxylation is 1. The maximum absolute atomic E-state index is 13.5. The first kappa shape index (κ1) is 15.5. The maximum atomic E-state index is 13.5. The zero-order valence-corrected chi connectivity index (χ0v) is 13.3. The van der Waals surface area contributed by atoms with Gasteiger partial charge in [0.25, 0.3) is 5.91 Å². The quantitative estimate of drug-likeness (QED) is 0.793. The molecule has 2 aromatic heterocycles. The summed E-state index contributed by atoms with van der Waals surface area (Å²) in [6.45, 7) is 2.20. The fourth-order valence-electron chi connectivity index (χ4n) is 2.46. The molecule has 1 N–H and O–H groups in total. The Bertz CT molecular complexity index is 875. The molecule has 4 nitrogen and oxygen atoms in total. The fourth-order valence-corrected chi connectivity index (χ4v) is 2.66. The van der Waals surface area contributed by atoms with Gasteiger partial charge < -0.3 is 5.32 Å². The molecule has 0 atom stereocenters. The lowest BCUT2D eigenvalue weighted by molar-refractivity contribution is 0.0944. The smallest absolute Gasteiger partial charge is 0.270 e. The molecule has 0 aliphatic rings. The Morgan fingerprint density at radius 3 is 2.83 bits per heavy atom. The summed E-state index contributed by atoms with van der Waals surface area (Å²) < 4.78 is 15.0. The van der Waals surface area contributed by atoms with Gasteiger partial charge in [0.05, 0.1) is 5.69 Å². The number of carbonyl (C=O) groups is 1. The van der Waals surface area contributed by atoms with Gasteiger partial charge in [-0.15, -0.1) is 0 Å². The number of nitrogens with one attached hydrogen (secondary N) is 1. The molecule has 0 spiro atoms. The molecule has 118 valence electrons. The van der Waals surface area contributed by atoms with Crippen LogP contribution in [0.1, 0.15) is 28.7 Å². The van der Waals surface area contributed by atoms with Crippen molar-refractivity contribution in [3.8, 4) is 0 Å². The molecular weight excluding hydrogens is 317 g/mol. The van der Waals surface area contributed by atoms with Gasteiger partial charge in [-0.2, -0.15) is 0 Å². The third-order valence-electron chi connectivity index (χ3n) is 3.60. The molecule has 0 unspecified atom stereocenters. The highest BCUT2D eigenvalue weighted by Gasteiger charge is 2.18. The van der Waals surface area contributed by atoms with Crippen molar-refractivity contribution in [2.75, 3.05) is 0 Å². The summed E-state index contributed by atoms with van der Waals surface area (Å²) in [5, 5.41) is 3.41. The van der Waals surface area contributed by atoms with E-state index in [0.29, 0.717) is 35.0 Å². The van der Waals surface area contributed by atoms with Crippen LogP contribution in [0, 0.1) is 5.82 Å². The lowest BCUT2D eigenvalue weighted by atomic mass is 10.2. The second-order valence-corrected chi connectivity index (χ2v) is 5.52. The Kier molecular flexibility index (Phi) is 4.30. The lowest BCUT2D eigenvalue weighted by Gasteiger charge is -2.08. The van der Waals surface area contributed by atoms with Gasteiger partial charge in [-0.25, -0.2) is 9.37 Å². The number of halogens is 2. The van der Waals surface area contributed by atoms with Crippen LogP contribution in [0.3, 0.4) is 0 Å². The molecule has 1 aromatic carbocycles. The summed E-state index contributed by atoms with van der Waals surface area (Å²) in [5.74, 6) is -0.724. The van der Waals surface area contributed by atoms with Crippen molar-refractivity contribution in [1.29, 1.82) is 0 Å². The third-order valence-corrected chi connectivity index (χ3v) is 3.97. The van der Waals surface area contributed by atoms with Crippen LogP contribution in [0.4, 0.5) is 4.39 Å². The van der Waals surface area contributed by atoms with Crippen LogP contribution < -0.4 is 5.32 Å². The molecule has 1 amide bonds. The number of hydrogen-bond donors (Lipinski definition) is 1. The highest BCUT2D eigenvalue weighted by molar-refractivity contribution is 6.31. The standard InChI is InChI=1S/C17H15ClFN3O/c1-2-14-16(22-10-12(19)7-8-15(22)21-14)17(23)20-9-11-5-3-4-6-13(11)18/h3-8,10H,2,9H2,1H3,(H,20,23). The minimum absolute atomic E-state index is 0.296. The van der Waals surface area contributed by atoms with Crippen molar-refractivity contribution in [2.45, 2.75) is 19.9 Å². The molecule has 6 heteroatoms. The van der Waals surface area contributed by atoms with Gasteiger partial charge >= 0.3 is 0 Å². The van der Waals surface area contributed by atoms with Crippen LogP contribution in [-0.2, 0) is 13.0 Å². The van der Waals surface area contributed by atoms with E-state index < -0.39 is 5.82 Å². The average Bonchev–Trinajstić information content (AvgIpc) is 2.91. The number of fused-ring (bicyclic) bond motifs is 1. The maximum Gasteiger partial charge on any atom is 0.270 e. The van der Waals surface area contributed by atoms with Crippen molar-refractivity contribution in [1.82, 2.24) is 14.7 Å². The van der Waals surface area contributed by atoms with E-state index in [-0.39, 0.29) is 5.91 Å². The normalized spacial score (nSPS) is 10.9. The van der Waals surface area contributed by atoms with E-state index in [1.54, 1.807) is 12.1 Å². The molecule has 3 aromatic rings. The molecule has 2 heterocycles. The Labute approximate surface area is 137 Å². The topological polar surface area (TPSA) is 46.4 Å². The first-order chi connectivity index (χ1) is 11.1. The first-order valence-corrected chi connectivity index (χ1v) is 7.66. The molecule has 0 saturated heterocycles. The number of hydrogen-bond acceptors (Lipinski definition) is 2. The number of imidazole rings is 1. The molecule has 0 bridgehead atoms. The average molecular weight is 332 g/mol. The highest BCUT2D eigenvalue weighted by atomic mass is 35.5. The highest BCUT2D eigenvalue weighted by Crippen LogP contribution is 2.17. The predicted molar refractivity (Wildman–Crippen MR) is 87.2 cm³/mol. The molecule has 3 rings (SSSR count). The summed E-state index contributed by atoms with van der Waals surface area (Å²) in [6.07, 6.45) is 1.85. The molecule has 0 aliphatic heterocycles. The van der Waals surface area contributed by atoms with Gasteiger partial charge in [0, 0.05) is 17.8 Å². The van der Waals surface area contributed by atoms with Gasteiger partial charge in [-0.05, 0) is 30.2 Å². The number of carbonyl (C=O) groups excluding carboxylic acids is 1. The first-order valence-electron chi connectivity index (χ1n) is 7.28. The Hall–Kier alpha value is -2.40. The van der Waals surface area contributed by atoms with E-state index in [4.69, 9.17) is 11.6 Å². The van der Waals surface area contributed by atoms with Gasteiger partial charge in [0.15, 0.2) is 0 Å². The van der Waals surface area contributed by atoms with Crippen LogP contribution in [0.2, 0.25) is 5.02 Å². The SMILES string of the molecule is CCc1nc2ccc(F)cn2c1C(=O)NCc1ccccc1Cl. The Balaban J connectivity index is 1.91. The number of benzene rings is 1. The molecule has 23 heavy (non-hydrogen) atoms. The molecular formula is C17H15ClFN3O. The second-order valence-electron chi connectivity index (χ2n) is 5.11. The number of nitrogens with zero attached hydrogens (tertiary/aromatic N) is 2. The van der Waals surface area contributed by atoms with E-state index in [9.17, 15) is 9.18 Å². The summed E-state index contributed by atoms with van der Waals surface area (Å²) in [4.78, 5) is 16.9. The fraction of sp³-hybridized carbons (Fsp3) is 0.176. The summed E-state index contributed by atoms with van der Waals surface area (Å²) in [5.41, 5.74) is 2.35. The number of aromatic nitrogens is 2. The zero-order chi connectivity index (χ0) is 16.4. The lowest BCUT2D eigenvalue weighted by Crippen LogP contribution is -2.25. The van der Waals surface area contributed by atoms with Crippen molar-refractivity contribution < 1.29 is 9.18 Å². The number of amides is 1. The van der Waals surface area contributed by atoms with Gasteiger partial charge in [0.2, 0.25) is 0 Å². The molecule has 0 radical (unpaired) electrons. The van der Waals surface area contributed by atoms with Crippen LogP contribution >= 0.6 is 11.6 Å². The van der Waals surface area contributed by atoms with E-state index in [1.165, 1.54) is 16.7 Å². The third kappa shape index (κ3) is 3.05. The van der Waals surface area contributed by atoms with Crippen LogP contribution in [0.25, 0.3) is 5.65 Å². The van der Waals surface area contributed by atoms with Gasteiger partial charge in [-0.1, -0.05) is 36.7 Å². The second kappa shape index (κ2) is 6.38. The minimum atomic E-state index is -0.419. The molecule has 0 aliphatic carbocycles. The van der Waals surface area contributed by atoms with Gasteiger partial charge in [-0.3, -0.25) is 9.20 Å². The summed E-state index contributed by atoms with van der Waals surface area (Å²) >= 11 is 6.09. The largest absolute Gasteiger partial charge is 0.347 e. The summed E-state index contributed by atoms with van der Waals surface area (Å²) in [6, 6.07) is 10.2. The molecule has 0 fully saturated rings. The minimum Gasteiger partial charge on any atom is -0.347 e. The predicted octanol–water partition coefficient (Wildman–Crippen LogP) is 3.62. The van der Waals surface area contributed by atoms with Crippen molar-refractivity contribution in [3.05, 3.63) is 70.4 Å². The van der Waals surface area contributed by atoms with Crippen molar-refractivity contribution in [3.63, 3.8) is 0 Å². The van der Waals surface area contributed by atoms with E-state index in [1.807, 2.05) is 25.1 Å². The number of rotatable bonds is 4. The monoisotopic (exact) mass is 331 g/mol. The number of pyridine rings is 1. The molecule has 0 saturated carbocycles. The Morgan fingerprint density at radius 2 is 2.09 bits per heavy atom. The zero-order valence-electron chi connectivity index (χ0n) is 12.5. The van der Waals surface area contributed by atoms with E-state index in [2.05, 4.69) is 10.3 Å². The van der Waals surface area contributed by atoms with Crippen molar-refractivity contribution in [2.24, 2.45) is 0 Å². The van der Waals surface area contributed by atoms with E-state index in [0.717, 1.165) is 5.56 Å². The van der Waals surface area contributed by atoms with Crippen LogP contribution in [0.5, 0.6) is 0 Å². The van der Waals surface area contributed by atoms with Crippen LogP contribution in [0.15, 0.2) is 42.6 Å². The van der Waals surface area contributed by atoms with Crippen molar-refractivity contribution >= 4 is 23.2 Å². The van der Waals surface area contributed by atoms with Crippen LogP contribution in [-0.4, -0.2) is 15.3 Å². The Morgan fingerprint density at radius 1 is 1.30 bits per heavy atom. The van der Waals surface area contributed by atoms with E-state index >= 15 is 0 Å². The van der Waals surface area contributed by atoms with Gasteiger partial charge in [0.1, 0.15) is 17.2 Å².